The summed E-state index contributed by atoms with van der Waals surface area (Å²) in [5.41, 5.74) is 7.92. The highest BCUT2D eigenvalue weighted by molar-refractivity contribution is 5.46. The zero-order valence-electron chi connectivity index (χ0n) is 10.7. The van der Waals surface area contributed by atoms with Crippen molar-refractivity contribution in [2.75, 3.05) is 5.73 Å². The summed E-state index contributed by atoms with van der Waals surface area (Å²) in [5.74, 6) is -1.11. The van der Waals surface area contributed by atoms with Crippen LogP contribution in [0.3, 0.4) is 0 Å². The van der Waals surface area contributed by atoms with Gasteiger partial charge in [-0.05, 0) is 24.6 Å². The number of benzene rings is 2. The van der Waals surface area contributed by atoms with E-state index < -0.39 is 11.6 Å². The highest BCUT2D eigenvalue weighted by Crippen LogP contribution is 2.19. The van der Waals surface area contributed by atoms with Crippen molar-refractivity contribution in [3.63, 3.8) is 0 Å². The van der Waals surface area contributed by atoms with Crippen molar-refractivity contribution >= 4 is 5.69 Å². The molecular formula is C15H16F2N2. The molecular weight excluding hydrogens is 246 g/mol. The van der Waals surface area contributed by atoms with Crippen LogP contribution >= 0.6 is 0 Å². The minimum Gasteiger partial charge on any atom is -0.398 e. The maximum atomic E-state index is 13.6. The number of nitrogens with one attached hydrogen (secondary N) is 1. The van der Waals surface area contributed by atoms with Crippen molar-refractivity contribution in [2.24, 2.45) is 0 Å². The van der Waals surface area contributed by atoms with Crippen LogP contribution in [0.15, 0.2) is 42.5 Å². The van der Waals surface area contributed by atoms with Gasteiger partial charge in [0.25, 0.3) is 0 Å². The highest BCUT2D eigenvalue weighted by atomic mass is 19.1. The Morgan fingerprint density at radius 2 is 1.89 bits per heavy atom. The van der Waals surface area contributed by atoms with Crippen molar-refractivity contribution in [3.05, 3.63) is 65.2 Å². The first-order chi connectivity index (χ1) is 9.08. The zero-order valence-corrected chi connectivity index (χ0v) is 10.7. The van der Waals surface area contributed by atoms with Gasteiger partial charge in [-0.15, -0.1) is 0 Å². The molecule has 2 nitrogen and oxygen atoms in total. The lowest BCUT2D eigenvalue weighted by molar-refractivity contribution is 0.518. The van der Waals surface area contributed by atoms with Gasteiger partial charge in [0.05, 0.1) is 0 Å². The predicted molar refractivity (Wildman–Crippen MR) is 72.5 cm³/mol. The number of halogens is 2. The second-order valence-corrected chi connectivity index (χ2v) is 4.47. The van der Waals surface area contributed by atoms with Crippen molar-refractivity contribution in [1.82, 2.24) is 5.32 Å². The number of para-hydroxylation sites is 1. The minimum absolute atomic E-state index is 0.222. The number of nitrogen functional groups attached to an aromatic ring is 1. The third-order valence-corrected chi connectivity index (χ3v) is 3.08. The highest BCUT2D eigenvalue weighted by Gasteiger charge is 2.11. The number of hydrogen-bond acceptors (Lipinski definition) is 2. The van der Waals surface area contributed by atoms with Crippen molar-refractivity contribution < 1.29 is 8.78 Å². The van der Waals surface area contributed by atoms with Gasteiger partial charge in [-0.25, -0.2) is 8.78 Å². The van der Waals surface area contributed by atoms with E-state index in [1.54, 1.807) is 0 Å². The number of rotatable bonds is 4. The van der Waals surface area contributed by atoms with Gasteiger partial charge in [-0.2, -0.15) is 0 Å². The van der Waals surface area contributed by atoms with Crippen molar-refractivity contribution in [3.8, 4) is 0 Å². The van der Waals surface area contributed by atoms with Gasteiger partial charge >= 0.3 is 0 Å². The van der Waals surface area contributed by atoms with Crippen LogP contribution in [0.4, 0.5) is 14.5 Å². The summed E-state index contributed by atoms with van der Waals surface area (Å²) < 4.78 is 26.4. The smallest absolute Gasteiger partial charge is 0.130 e. The van der Waals surface area contributed by atoms with Crippen LogP contribution in [-0.4, -0.2) is 0 Å². The number of nitrogens with two attached hydrogens (primary N) is 1. The van der Waals surface area contributed by atoms with E-state index in [4.69, 9.17) is 5.73 Å². The van der Waals surface area contributed by atoms with Gasteiger partial charge in [-0.1, -0.05) is 24.3 Å². The monoisotopic (exact) mass is 262 g/mol. The summed E-state index contributed by atoms with van der Waals surface area (Å²) in [6.07, 6.45) is 0. The molecule has 19 heavy (non-hydrogen) atoms. The molecule has 0 fully saturated rings. The van der Waals surface area contributed by atoms with E-state index in [9.17, 15) is 8.78 Å². The Labute approximate surface area is 111 Å². The lowest BCUT2D eigenvalue weighted by Crippen LogP contribution is -2.19. The molecule has 0 aliphatic heterocycles. The first-order valence-electron chi connectivity index (χ1n) is 6.09. The molecule has 1 unspecified atom stereocenters. The van der Waals surface area contributed by atoms with Crippen LogP contribution in [0.1, 0.15) is 24.1 Å². The first-order valence-corrected chi connectivity index (χ1v) is 6.09. The molecule has 0 saturated carbocycles. The van der Waals surface area contributed by atoms with Gasteiger partial charge in [-0.3, -0.25) is 0 Å². The molecule has 4 heteroatoms. The Kier molecular flexibility index (Phi) is 4.12. The molecule has 0 radical (unpaired) electrons. The van der Waals surface area contributed by atoms with E-state index in [-0.39, 0.29) is 6.04 Å². The fraction of sp³-hybridized carbons (Fsp3) is 0.200. The maximum absolute atomic E-state index is 13.6. The SMILES string of the molecule is CC(NCc1ccccc1N)c1ccc(F)cc1F. The van der Waals surface area contributed by atoms with E-state index in [1.807, 2.05) is 31.2 Å². The normalized spacial score (nSPS) is 12.4. The van der Waals surface area contributed by atoms with E-state index in [1.165, 1.54) is 12.1 Å². The molecule has 1 atom stereocenters. The van der Waals surface area contributed by atoms with E-state index in [0.29, 0.717) is 17.8 Å². The van der Waals surface area contributed by atoms with E-state index in [0.717, 1.165) is 11.6 Å². The molecule has 0 heterocycles. The molecule has 3 N–H and O–H groups in total. The van der Waals surface area contributed by atoms with Crippen molar-refractivity contribution in [2.45, 2.75) is 19.5 Å². The molecule has 0 saturated heterocycles. The van der Waals surface area contributed by atoms with Gasteiger partial charge in [0.15, 0.2) is 0 Å². The topological polar surface area (TPSA) is 38.0 Å². The first kappa shape index (κ1) is 13.5. The van der Waals surface area contributed by atoms with E-state index >= 15 is 0 Å². The fourth-order valence-corrected chi connectivity index (χ4v) is 1.92. The zero-order chi connectivity index (χ0) is 13.8. The summed E-state index contributed by atoms with van der Waals surface area (Å²) in [6.45, 7) is 2.36. The number of anilines is 1. The van der Waals surface area contributed by atoms with E-state index in [2.05, 4.69) is 5.32 Å². The fourth-order valence-electron chi connectivity index (χ4n) is 1.92. The van der Waals surface area contributed by atoms with Gasteiger partial charge in [0.1, 0.15) is 11.6 Å². The summed E-state index contributed by atoms with van der Waals surface area (Å²) in [4.78, 5) is 0. The molecule has 0 aliphatic carbocycles. The molecule has 0 bridgehead atoms. The predicted octanol–water partition coefficient (Wildman–Crippen LogP) is 3.40. The summed E-state index contributed by atoms with van der Waals surface area (Å²) in [5, 5.41) is 3.17. The third kappa shape index (κ3) is 3.29. The van der Waals surface area contributed by atoms with Gasteiger partial charge < -0.3 is 11.1 Å². The summed E-state index contributed by atoms with van der Waals surface area (Å²) >= 11 is 0. The third-order valence-electron chi connectivity index (χ3n) is 3.08. The maximum Gasteiger partial charge on any atom is 0.130 e. The lowest BCUT2D eigenvalue weighted by atomic mass is 10.1. The van der Waals surface area contributed by atoms with Crippen LogP contribution in [0.2, 0.25) is 0 Å². The Hall–Kier alpha value is -1.94. The minimum atomic E-state index is -0.569. The van der Waals surface area contributed by atoms with Crippen LogP contribution in [-0.2, 0) is 6.54 Å². The molecule has 2 rings (SSSR count). The summed E-state index contributed by atoms with van der Waals surface area (Å²) in [7, 11) is 0. The van der Waals surface area contributed by atoms with Crippen LogP contribution in [0, 0.1) is 11.6 Å². The Bertz CT molecular complexity index is 570. The molecule has 0 aliphatic rings. The average Bonchev–Trinajstić information content (AvgIpc) is 2.37. The molecule has 0 spiro atoms. The molecule has 2 aromatic rings. The second-order valence-electron chi connectivity index (χ2n) is 4.47. The standard InChI is InChI=1S/C15H16F2N2/c1-10(13-7-6-12(16)8-14(13)17)19-9-11-4-2-3-5-15(11)18/h2-8,10,19H,9,18H2,1H3. The quantitative estimate of drug-likeness (QED) is 0.829. The Morgan fingerprint density at radius 1 is 1.16 bits per heavy atom. The average molecular weight is 262 g/mol. The molecule has 0 amide bonds. The van der Waals surface area contributed by atoms with Crippen LogP contribution < -0.4 is 11.1 Å². The Morgan fingerprint density at radius 3 is 2.58 bits per heavy atom. The molecule has 100 valence electrons. The lowest BCUT2D eigenvalue weighted by Gasteiger charge is -2.16. The molecule has 2 aromatic carbocycles. The van der Waals surface area contributed by atoms with Crippen LogP contribution in [0.25, 0.3) is 0 Å². The number of hydrogen-bond donors (Lipinski definition) is 2. The van der Waals surface area contributed by atoms with Gasteiger partial charge in [0.2, 0.25) is 0 Å². The molecule has 0 aromatic heterocycles. The summed E-state index contributed by atoms with van der Waals surface area (Å²) in [6, 6.07) is 10.9. The van der Waals surface area contributed by atoms with Crippen LogP contribution in [0.5, 0.6) is 0 Å². The van der Waals surface area contributed by atoms with Crippen molar-refractivity contribution in [1.29, 1.82) is 0 Å². The van der Waals surface area contributed by atoms with Gasteiger partial charge in [0, 0.05) is 29.9 Å². The second kappa shape index (κ2) is 5.80. The Balaban J connectivity index is 2.05. The largest absolute Gasteiger partial charge is 0.398 e.